The third-order valence-corrected chi connectivity index (χ3v) is 5.49. The quantitative estimate of drug-likeness (QED) is 0.607. The van der Waals surface area contributed by atoms with Gasteiger partial charge in [-0.15, -0.1) is 10.2 Å². The lowest BCUT2D eigenvalue weighted by Crippen LogP contribution is -2.17. The van der Waals surface area contributed by atoms with E-state index >= 15 is 0 Å². The molecule has 1 amide bonds. The first-order valence-electron chi connectivity index (χ1n) is 9.05. The number of carbonyl (C=O) groups excluding carboxylic acids is 1. The van der Waals surface area contributed by atoms with Crippen molar-refractivity contribution in [3.8, 4) is 11.4 Å². The largest absolute Gasteiger partial charge is 0.325 e. The van der Waals surface area contributed by atoms with Gasteiger partial charge < -0.3 is 9.88 Å². The smallest absolute Gasteiger partial charge is 0.234 e. The maximum Gasteiger partial charge on any atom is 0.234 e. The van der Waals surface area contributed by atoms with Crippen LogP contribution in [0.2, 0.25) is 0 Å². The summed E-state index contributed by atoms with van der Waals surface area (Å²) in [6, 6.07) is 12.4. The standard InChI is InChI=1S/C21H23FN4OS/c1-13(2)15-10-7-8-14(3)19(15)23-18(27)12-28-21-25-24-20(26(21)4)16-9-5-6-11-17(16)22/h5-11,13H,12H2,1-4H3,(H,23,27). The van der Waals surface area contributed by atoms with Crippen molar-refractivity contribution in [3.63, 3.8) is 0 Å². The van der Waals surface area contributed by atoms with Gasteiger partial charge in [-0.3, -0.25) is 4.79 Å². The fourth-order valence-corrected chi connectivity index (χ4v) is 3.68. The summed E-state index contributed by atoms with van der Waals surface area (Å²) >= 11 is 1.27. The number of hydrogen-bond acceptors (Lipinski definition) is 4. The molecule has 1 aromatic heterocycles. The van der Waals surface area contributed by atoms with Gasteiger partial charge in [0.05, 0.1) is 11.3 Å². The highest BCUT2D eigenvalue weighted by molar-refractivity contribution is 7.99. The maximum absolute atomic E-state index is 14.0. The minimum atomic E-state index is -0.354. The highest BCUT2D eigenvalue weighted by Crippen LogP contribution is 2.28. The predicted octanol–water partition coefficient (Wildman–Crippen LogP) is 4.78. The molecular weight excluding hydrogens is 375 g/mol. The van der Waals surface area contributed by atoms with E-state index in [4.69, 9.17) is 0 Å². The van der Waals surface area contributed by atoms with E-state index in [0.29, 0.717) is 22.5 Å². The van der Waals surface area contributed by atoms with Gasteiger partial charge in [-0.25, -0.2) is 4.39 Å². The third kappa shape index (κ3) is 4.25. The molecule has 0 aliphatic heterocycles. The summed E-state index contributed by atoms with van der Waals surface area (Å²) in [5.41, 5.74) is 3.40. The molecule has 1 N–H and O–H groups in total. The zero-order chi connectivity index (χ0) is 20.3. The molecular formula is C21H23FN4OS. The van der Waals surface area contributed by atoms with E-state index in [1.165, 1.54) is 17.8 Å². The van der Waals surface area contributed by atoms with E-state index in [-0.39, 0.29) is 17.5 Å². The van der Waals surface area contributed by atoms with Crippen LogP contribution in [0, 0.1) is 12.7 Å². The molecule has 0 fully saturated rings. The second kappa shape index (κ2) is 8.56. The first-order valence-corrected chi connectivity index (χ1v) is 10.0. The molecule has 7 heteroatoms. The summed E-state index contributed by atoms with van der Waals surface area (Å²) in [6.45, 7) is 6.18. The Morgan fingerprint density at radius 3 is 2.64 bits per heavy atom. The molecule has 0 aliphatic rings. The van der Waals surface area contributed by atoms with E-state index < -0.39 is 0 Å². The van der Waals surface area contributed by atoms with Crippen LogP contribution in [0.3, 0.4) is 0 Å². The Bertz CT molecular complexity index is 1000. The molecule has 146 valence electrons. The van der Waals surface area contributed by atoms with Crippen molar-refractivity contribution in [2.45, 2.75) is 31.8 Å². The lowest BCUT2D eigenvalue weighted by Gasteiger charge is -2.16. The van der Waals surface area contributed by atoms with Crippen LogP contribution in [0.15, 0.2) is 47.6 Å². The third-order valence-electron chi connectivity index (χ3n) is 4.47. The number of hydrogen-bond donors (Lipinski definition) is 1. The number of nitrogens with zero attached hydrogens (tertiary/aromatic N) is 3. The van der Waals surface area contributed by atoms with Crippen molar-refractivity contribution < 1.29 is 9.18 Å². The van der Waals surface area contributed by atoms with Gasteiger partial charge in [-0.1, -0.05) is 55.9 Å². The van der Waals surface area contributed by atoms with E-state index in [0.717, 1.165) is 16.8 Å². The number of halogens is 1. The Morgan fingerprint density at radius 1 is 1.18 bits per heavy atom. The predicted molar refractivity (Wildman–Crippen MR) is 111 cm³/mol. The summed E-state index contributed by atoms with van der Waals surface area (Å²) in [7, 11) is 1.76. The molecule has 3 aromatic rings. The number of thioether (sulfide) groups is 1. The molecule has 1 heterocycles. The molecule has 28 heavy (non-hydrogen) atoms. The number of anilines is 1. The summed E-state index contributed by atoms with van der Waals surface area (Å²) in [5, 5.41) is 11.8. The Balaban J connectivity index is 1.71. The number of amides is 1. The number of aryl methyl sites for hydroxylation is 1. The molecule has 0 radical (unpaired) electrons. The zero-order valence-electron chi connectivity index (χ0n) is 16.4. The van der Waals surface area contributed by atoms with Crippen molar-refractivity contribution in [3.05, 3.63) is 59.4 Å². The highest BCUT2D eigenvalue weighted by Gasteiger charge is 2.17. The molecule has 0 aliphatic carbocycles. The molecule has 0 saturated heterocycles. The van der Waals surface area contributed by atoms with Crippen LogP contribution in [0.4, 0.5) is 10.1 Å². The van der Waals surface area contributed by atoms with Crippen LogP contribution in [0.5, 0.6) is 0 Å². The average Bonchev–Trinajstić information content (AvgIpc) is 3.02. The van der Waals surface area contributed by atoms with E-state index in [1.54, 1.807) is 29.8 Å². The average molecular weight is 399 g/mol. The minimum Gasteiger partial charge on any atom is -0.325 e. The Morgan fingerprint density at radius 2 is 1.93 bits per heavy atom. The Kier molecular flexibility index (Phi) is 6.14. The van der Waals surface area contributed by atoms with Gasteiger partial charge in [-0.2, -0.15) is 0 Å². The molecule has 0 atom stereocenters. The molecule has 0 bridgehead atoms. The SMILES string of the molecule is Cc1cccc(C(C)C)c1NC(=O)CSc1nnc(-c2ccccc2F)n1C. The van der Waals surface area contributed by atoms with Crippen molar-refractivity contribution in [1.29, 1.82) is 0 Å². The summed E-state index contributed by atoms with van der Waals surface area (Å²) in [6.07, 6.45) is 0. The first-order chi connectivity index (χ1) is 13.4. The van der Waals surface area contributed by atoms with Crippen LogP contribution in [-0.4, -0.2) is 26.4 Å². The van der Waals surface area contributed by atoms with Gasteiger partial charge in [0, 0.05) is 12.7 Å². The number of rotatable bonds is 6. The van der Waals surface area contributed by atoms with E-state index in [1.807, 2.05) is 25.1 Å². The first kappa shape index (κ1) is 20.1. The van der Waals surface area contributed by atoms with Crippen molar-refractivity contribution in [2.24, 2.45) is 7.05 Å². The molecule has 2 aromatic carbocycles. The molecule has 5 nitrogen and oxygen atoms in total. The fraction of sp³-hybridized carbons (Fsp3) is 0.286. The second-order valence-electron chi connectivity index (χ2n) is 6.88. The zero-order valence-corrected chi connectivity index (χ0v) is 17.2. The highest BCUT2D eigenvalue weighted by atomic mass is 32.2. The van der Waals surface area contributed by atoms with Crippen LogP contribution in [-0.2, 0) is 11.8 Å². The second-order valence-corrected chi connectivity index (χ2v) is 7.82. The van der Waals surface area contributed by atoms with Crippen molar-refractivity contribution in [2.75, 3.05) is 11.1 Å². The van der Waals surface area contributed by atoms with Crippen LogP contribution < -0.4 is 5.32 Å². The van der Waals surface area contributed by atoms with Gasteiger partial charge >= 0.3 is 0 Å². The van der Waals surface area contributed by atoms with Crippen LogP contribution in [0.1, 0.15) is 30.9 Å². The normalized spacial score (nSPS) is 11.1. The number of benzene rings is 2. The van der Waals surface area contributed by atoms with Gasteiger partial charge in [0.1, 0.15) is 5.82 Å². The summed E-state index contributed by atoms with van der Waals surface area (Å²) < 4.78 is 15.7. The number of nitrogens with one attached hydrogen (secondary N) is 1. The van der Waals surface area contributed by atoms with Gasteiger partial charge in [0.15, 0.2) is 11.0 Å². The Labute approximate surface area is 168 Å². The molecule has 0 spiro atoms. The topological polar surface area (TPSA) is 59.8 Å². The van der Waals surface area contributed by atoms with Gasteiger partial charge in [0.2, 0.25) is 5.91 Å². The van der Waals surface area contributed by atoms with E-state index in [2.05, 4.69) is 29.4 Å². The van der Waals surface area contributed by atoms with Gasteiger partial charge in [-0.05, 0) is 36.1 Å². The summed E-state index contributed by atoms with van der Waals surface area (Å²) in [5.74, 6) is 0.464. The number of carbonyl (C=O) groups is 1. The maximum atomic E-state index is 14.0. The van der Waals surface area contributed by atoms with Crippen LogP contribution in [0.25, 0.3) is 11.4 Å². The molecule has 0 unspecified atom stereocenters. The van der Waals surface area contributed by atoms with Crippen molar-refractivity contribution in [1.82, 2.24) is 14.8 Å². The number of aromatic nitrogens is 3. The Hall–Kier alpha value is -2.67. The van der Waals surface area contributed by atoms with Crippen LogP contribution >= 0.6 is 11.8 Å². The lowest BCUT2D eigenvalue weighted by molar-refractivity contribution is -0.113. The monoisotopic (exact) mass is 398 g/mol. The fourth-order valence-electron chi connectivity index (χ4n) is 2.97. The molecule has 0 saturated carbocycles. The number of para-hydroxylation sites is 1. The van der Waals surface area contributed by atoms with Gasteiger partial charge in [0.25, 0.3) is 0 Å². The lowest BCUT2D eigenvalue weighted by atomic mass is 9.98. The van der Waals surface area contributed by atoms with E-state index in [9.17, 15) is 9.18 Å². The minimum absolute atomic E-state index is 0.114. The van der Waals surface area contributed by atoms with Crippen molar-refractivity contribution >= 4 is 23.4 Å². The summed E-state index contributed by atoms with van der Waals surface area (Å²) in [4.78, 5) is 12.5. The molecule has 3 rings (SSSR count).